The van der Waals surface area contributed by atoms with Gasteiger partial charge < -0.3 is 4.74 Å². The van der Waals surface area contributed by atoms with E-state index < -0.39 is 0 Å². The first-order valence-corrected chi connectivity index (χ1v) is 6.76. The highest BCUT2D eigenvalue weighted by molar-refractivity contribution is 5.34. The molecule has 1 fully saturated rings. The van der Waals surface area contributed by atoms with E-state index in [0.29, 0.717) is 11.4 Å². The van der Waals surface area contributed by atoms with Crippen molar-refractivity contribution in [1.29, 1.82) is 5.26 Å². The molecule has 18 heavy (non-hydrogen) atoms. The Balaban J connectivity index is 2.05. The average Bonchev–Trinajstić information content (AvgIpc) is 2.38. The van der Waals surface area contributed by atoms with Crippen LogP contribution >= 0.6 is 0 Å². The highest BCUT2D eigenvalue weighted by Gasteiger charge is 2.22. The fourth-order valence-corrected chi connectivity index (χ4v) is 2.65. The van der Waals surface area contributed by atoms with Crippen LogP contribution in [0.25, 0.3) is 0 Å². The second kappa shape index (κ2) is 5.86. The van der Waals surface area contributed by atoms with Gasteiger partial charge in [0.1, 0.15) is 6.10 Å². The zero-order valence-electron chi connectivity index (χ0n) is 11.1. The molecule has 2 rings (SSSR count). The van der Waals surface area contributed by atoms with Crippen LogP contribution in [0.2, 0.25) is 0 Å². The summed E-state index contributed by atoms with van der Waals surface area (Å²) in [5.74, 6) is 1.39. The van der Waals surface area contributed by atoms with Crippen LogP contribution in [0.4, 0.5) is 0 Å². The minimum atomic E-state index is 0.268. The topological polar surface area (TPSA) is 45.9 Å². The molecule has 1 aliphatic rings. The second-order valence-corrected chi connectivity index (χ2v) is 5.13. The second-order valence-electron chi connectivity index (χ2n) is 5.13. The number of aryl methyl sites for hydroxylation is 1. The molecule has 0 spiro atoms. The third-order valence-electron chi connectivity index (χ3n) is 3.66. The normalized spacial score (nSPS) is 23.4. The summed E-state index contributed by atoms with van der Waals surface area (Å²) in [4.78, 5) is 4.35. The van der Waals surface area contributed by atoms with Gasteiger partial charge in [-0.2, -0.15) is 5.26 Å². The molecular formula is C15H20N2O. The van der Waals surface area contributed by atoms with Crippen LogP contribution in [0.15, 0.2) is 12.1 Å². The highest BCUT2D eigenvalue weighted by Crippen LogP contribution is 2.29. The number of rotatable bonds is 3. The van der Waals surface area contributed by atoms with Gasteiger partial charge in [0.2, 0.25) is 5.88 Å². The van der Waals surface area contributed by atoms with E-state index in [1.54, 1.807) is 12.1 Å². The Labute approximate surface area is 109 Å². The maximum absolute atomic E-state index is 8.94. The molecule has 1 aliphatic carbocycles. The Kier molecular flexibility index (Phi) is 4.19. The SMILES string of the molecule is CCC1CCCC(Oc2cc(C#N)cc(C)n2)C1. The third kappa shape index (κ3) is 3.22. The molecule has 0 aliphatic heterocycles. The number of nitriles is 1. The molecule has 1 heterocycles. The standard InChI is InChI=1S/C15H20N2O/c1-3-12-5-4-6-14(8-12)18-15-9-13(10-16)7-11(2)17-15/h7,9,12,14H,3-6,8H2,1-2H3. The van der Waals surface area contributed by atoms with Crippen molar-refractivity contribution in [2.24, 2.45) is 5.92 Å². The number of nitrogens with zero attached hydrogens (tertiary/aromatic N) is 2. The number of aromatic nitrogens is 1. The molecule has 96 valence electrons. The predicted molar refractivity (Wildman–Crippen MR) is 70.4 cm³/mol. The number of hydrogen-bond donors (Lipinski definition) is 0. The van der Waals surface area contributed by atoms with Crippen LogP contribution in [0.5, 0.6) is 5.88 Å². The van der Waals surface area contributed by atoms with Crippen LogP contribution < -0.4 is 4.74 Å². The molecule has 2 atom stereocenters. The lowest BCUT2D eigenvalue weighted by Gasteiger charge is -2.28. The van der Waals surface area contributed by atoms with E-state index in [9.17, 15) is 0 Å². The van der Waals surface area contributed by atoms with Crippen molar-refractivity contribution in [2.45, 2.75) is 52.1 Å². The monoisotopic (exact) mass is 244 g/mol. The molecule has 3 nitrogen and oxygen atoms in total. The Bertz CT molecular complexity index is 450. The van der Waals surface area contributed by atoms with Gasteiger partial charge >= 0.3 is 0 Å². The summed E-state index contributed by atoms with van der Waals surface area (Å²) in [6.07, 6.45) is 6.28. The van der Waals surface area contributed by atoms with Gasteiger partial charge in [-0.3, -0.25) is 0 Å². The number of hydrogen-bond acceptors (Lipinski definition) is 3. The van der Waals surface area contributed by atoms with Crippen molar-refractivity contribution in [1.82, 2.24) is 4.98 Å². The van der Waals surface area contributed by atoms with Crippen LogP contribution in [0, 0.1) is 24.2 Å². The summed E-state index contributed by atoms with van der Waals surface area (Å²) in [5.41, 5.74) is 1.47. The van der Waals surface area contributed by atoms with E-state index in [1.807, 2.05) is 6.92 Å². The number of ether oxygens (including phenoxy) is 1. The lowest BCUT2D eigenvalue weighted by molar-refractivity contribution is 0.117. The van der Waals surface area contributed by atoms with Crippen LogP contribution in [0.1, 0.15) is 50.3 Å². The molecule has 0 radical (unpaired) electrons. The number of pyridine rings is 1. The van der Waals surface area contributed by atoms with E-state index in [1.165, 1.54) is 19.3 Å². The smallest absolute Gasteiger partial charge is 0.215 e. The summed E-state index contributed by atoms with van der Waals surface area (Å²) >= 11 is 0. The molecule has 1 saturated carbocycles. The summed E-state index contributed by atoms with van der Waals surface area (Å²) in [6, 6.07) is 5.66. The summed E-state index contributed by atoms with van der Waals surface area (Å²) < 4.78 is 5.95. The Morgan fingerprint density at radius 1 is 1.44 bits per heavy atom. The Morgan fingerprint density at radius 2 is 2.28 bits per heavy atom. The first-order valence-electron chi connectivity index (χ1n) is 6.76. The maximum Gasteiger partial charge on any atom is 0.215 e. The molecule has 0 saturated heterocycles. The zero-order chi connectivity index (χ0) is 13.0. The van der Waals surface area contributed by atoms with Gasteiger partial charge in [0.25, 0.3) is 0 Å². The maximum atomic E-state index is 8.94. The Hall–Kier alpha value is -1.56. The van der Waals surface area contributed by atoms with Gasteiger partial charge in [-0.1, -0.05) is 19.8 Å². The van der Waals surface area contributed by atoms with E-state index >= 15 is 0 Å². The van der Waals surface area contributed by atoms with Crippen molar-refractivity contribution in [3.63, 3.8) is 0 Å². The molecule has 2 unspecified atom stereocenters. The van der Waals surface area contributed by atoms with Gasteiger partial charge in [0.15, 0.2) is 0 Å². The fraction of sp³-hybridized carbons (Fsp3) is 0.600. The van der Waals surface area contributed by atoms with Gasteiger partial charge in [-0.15, -0.1) is 0 Å². The van der Waals surface area contributed by atoms with E-state index in [2.05, 4.69) is 18.0 Å². The molecule has 0 amide bonds. The molecular weight excluding hydrogens is 224 g/mol. The molecule has 0 aromatic carbocycles. The average molecular weight is 244 g/mol. The minimum Gasteiger partial charge on any atom is -0.474 e. The lowest BCUT2D eigenvalue weighted by atomic mass is 9.85. The van der Waals surface area contributed by atoms with E-state index in [0.717, 1.165) is 24.5 Å². The van der Waals surface area contributed by atoms with Crippen molar-refractivity contribution in [3.05, 3.63) is 23.4 Å². The molecule has 0 bridgehead atoms. The molecule has 3 heteroatoms. The van der Waals surface area contributed by atoms with E-state index in [-0.39, 0.29) is 6.10 Å². The van der Waals surface area contributed by atoms with E-state index in [4.69, 9.17) is 10.00 Å². The minimum absolute atomic E-state index is 0.268. The lowest BCUT2D eigenvalue weighted by Crippen LogP contribution is -2.25. The van der Waals surface area contributed by atoms with Crippen molar-refractivity contribution < 1.29 is 4.74 Å². The molecule has 1 aromatic rings. The van der Waals surface area contributed by atoms with Gasteiger partial charge in [0.05, 0.1) is 11.6 Å². The third-order valence-corrected chi connectivity index (χ3v) is 3.66. The zero-order valence-corrected chi connectivity index (χ0v) is 11.1. The van der Waals surface area contributed by atoms with Crippen LogP contribution in [-0.4, -0.2) is 11.1 Å². The van der Waals surface area contributed by atoms with Gasteiger partial charge in [-0.05, 0) is 38.2 Å². The highest BCUT2D eigenvalue weighted by atomic mass is 16.5. The predicted octanol–water partition coefficient (Wildman–Crippen LogP) is 3.61. The summed E-state index contributed by atoms with van der Waals surface area (Å²) in [6.45, 7) is 4.13. The first kappa shape index (κ1) is 12.9. The summed E-state index contributed by atoms with van der Waals surface area (Å²) in [7, 11) is 0. The Morgan fingerprint density at radius 3 is 3.00 bits per heavy atom. The van der Waals surface area contributed by atoms with Gasteiger partial charge in [-0.25, -0.2) is 4.98 Å². The van der Waals surface area contributed by atoms with Crippen LogP contribution in [-0.2, 0) is 0 Å². The fourth-order valence-electron chi connectivity index (χ4n) is 2.65. The van der Waals surface area contributed by atoms with Crippen molar-refractivity contribution in [3.8, 4) is 11.9 Å². The van der Waals surface area contributed by atoms with Crippen molar-refractivity contribution in [2.75, 3.05) is 0 Å². The first-order chi connectivity index (χ1) is 8.71. The van der Waals surface area contributed by atoms with Crippen LogP contribution in [0.3, 0.4) is 0 Å². The quantitative estimate of drug-likeness (QED) is 0.816. The largest absolute Gasteiger partial charge is 0.474 e. The van der Waals surface area contributed by atoms with Gasteiger partial charge in [0, 0.05) is 11.8 Å². The molecule has 0 N–H and O–H groups in total. The summed E-state index contributed by atoms with van der Waals surface area (Å²) in [5, 5.41) is 8.94. The molecule has 1 aromatic heterocycles. The van der Waals surface area contributed by atoms with Crippen molar-refractivity contribution >= 4 is 0 Å².